The Balaban J connectivity index is 2.18. The van der Waals surface area contributed by atoms with Gasteiger partial charge < -0.3 is 20.5 Å². The van der Waals surface area contributed by atoms with Gasteiger partial charge in [0.05, 0.1) is 18.8 Å². The van der Waals surface area contributed by atoms with Gasteiger partial charge in [-0.1, -0.05) is 0 Å². The van der Waals surface area contributed by atoms with Crippen molar-refractivity contribution in [3.05, 3.63) is 29.3 Å². The van der Waals surface area contributed by atoms with E-state index in [1.54, 1.807) is 23.1 Å². The van der Waals surface area contributed by atoms with Gasteiger partial charge in [0.1, 0.15) is 0 Å². The van der Waals surface area contributed by atoms with Crippen LogP contribution in [-0.4, -0.2) is 47.8 Å². The van der Waals surface area contributed by atoms with Crippen LogP contribution < -0.4 is 5.73 Å². The van der Waals surface area contributed by atoms with Gasteiger partial charge in [-0.15, -0.1) is 0 Å². The van der Waals surface area contributed by atoms with Crippen molar-refractivity contribution in [1.29, 1.82) is 0 Å². The van der Waals surface area contributed by atoms with E-state index in [0.29, 0.717) is 24.3 Å². The van der Waals surface area contributed by atoms with Gasteiger partial charge in [0.2, 0.25) is 0 Å². The number of nitrogens with two attached hydrogens (primary N) is 1. The number of aryl methyl sites for hydroxylation is 1. The molecule has 1 amide bonds. The average molecular weight is 264 g/mol. The fourth-order valence-corrected chi connectivity index (χ4v) is 2.41. The Morgan fingerprint density at radius 3 is 2.89 bits per heavy atom. The van der Waals surface area contributed by atoms with E-state index in [1.165, 1.54) is 0 Å². The van der Waals surface area contributed by atoms with E-state index in [9.17, 15) is 9.90 Å². The normalized spacial score (nSPS) is 23.4. The van der Waals surface area contributed by atoms with Crippen molar-refractivity contribution >= 4 is 11.6 Å². The van der Waals surface area contributed by atoms with Crippen LogP contribution in [0.1, 0.15) is 22.8 Å². The molecule has 5 heteroatoms. The molecule has 1 aromatic rings. The summed E-state index contributed by atoms with van der Waals surface area (Å²) in [5.74, 6) is -0.0360. The second-order valence-electron chi connectivity index (χ2n) is 5.04. The van der Waals surface area contributed by atoms with Gasteiger partial charge in [-0.05, 0) is 37.6 Å². The average Bonchev–Trinajstić information content (AvgIpc) is 2.37. The van der Waals surface area contributed by atoms with E-state index in [-0.39, 0.29) is 24.7 Å². The van der Waals surface area contributed by atoms with Crippen molar-refractivity contribution in [3.8, 4) is 0 Å². The quantitative estimate of drug-likeness (QED) is 0.775. The van der Waals surface area contributed by atoms with Crippen molar-refractivity contribution in [2.24, 2.45) is 0 Å². The summed E-state index contributed by atoms with van der Waals surface area (Å²) in [7, 11) is 0. The van der Waals surface area contributed by atoms with Crippen molar-refractivity contribution in [2.75, 3.05) is 25.4 Å². The molecule has 104 valence electrons. The smallest absolute Gasteiger partial charge is 0.254 e. The Bertz CT molecular complexity index is 476. The number of carbonyl (C=O) groups excluding carboxylic acids is 1. The minimum absolute atomic E-state index is 0.0360. The van der Waals surface area contributed by atoms with Crippen LogP contribution in [0.3, 0.4) is 0 Å². The van der Waals surface area contributed by atoms with Crippen LogP contribution in [0.5, 0.6) is 0 Å². The Labute approximate surface area is 113 Å². The summed E-state index contributed by atoms with van der Waals surface area (Å²) >= 11 is 0. The van der Waals surface area contributed by atoms with Crippen molar-refractivity contribution in [2.45, 2.75) is 26.1 Å². The monoisotopic (exact) mass is 264 g/mol. The van der Waals surface area contributed by atoms with Gasteiger partial charge in [0.15, 0.2) is 0 Å². The van der Waals surface area contributed by atoms with E-state index >= 15 is 0 Å². The first kappa shape index (κ1) is 13.8. The summed E-state index contributed by atoms with van der Waals surface area (Å²) in [5, 5.41) is 9.19. The molecule has 5 nitrogen and oxygen atoms in total. The molecular weight excluding hydrogens is 244 g/mol. The minimum atomic E-state index is -0.304. The molecule has 1 heterocycles. The Hall–Kier alpha value is -1.59. The van der Waals surface area contributed by atoms with Gasteiger partial charge in [-0.3, -0.25) is 4.79 Å². The lowest BCUT2D eigenvalue weighted by atomic mass is 10.1. The second kappa shape index (κ2) is 5.59. The number of amides is 1. The molecule has 1 aliphatic heterocycles. The Morgan fingerprint density at radius 2 is 2.26 bits per heavy atom. The molecule has 0 bridgehead atoms. The SMILES string of the molecule is Cc1cc(N)ccc1C(=O)N1CC(C)OC(CO)C1. The molecule has 2 atom stereocenters. The zero-order valence-corrected chi connectivity index (χ0v) is 11.3. The number of rotatable bonds is 2. The van der Waals surface area contributed by atoms with Crippen molar-refractivity contribution in [1.82, 2.24) is 4.90 Å². The Morgan fingerprint density at radius 1 is 1.53 bits per heavy atom. The van der Waals surface area contributed by atoms with E-state index in [0.717, 1.165) is 5.56 Å². The number of nitrogens with zero attached hydrogens (tertiary/aromatic N) is 1. The summed E-state index contributed by atoms with van der Waals surface area (Å²) in [4.78, 5) is 14.2. The molecule has 1 aliphatic rings. The highest BCUT2D eigenvalue weighted by atomic mass is 16.5. The standard InChI is InChI=1S/C14H20N2O3/c1-9-5-11(15)3-4-13(9)14(18)16-6-10(2)19-12(7-16)8-17/h3-5,10,12,17H,6-8,15H2,1-2H3. The molecule has 1 saturated heterocycles. The van der Waals surface area contributed by atoms with Gasteiger partial charge in [0.25, 0.3) is 5.91 Å². The molecule has 19 heavy (non-hydrogen) atoms. The number of aliphatic hydroxyl groups excluding tert-OH is 1. The lowest BCUT2D eigenvalue weighted by Gasteiger charge is -2.36. The lowest BCUT2D eigenvalue weighted by Crippen LogP contribution is -2.50. The fourth-order valence-electron chi connectivity index (χ4n) is 2.41. The molecule has 0 saturated carbocycles. The van der Waals surface area contributed by atoms with Crippen LogP contribution in [0, 0.1) is 6.92 Å². The maximum absolute atomic E-state index is 12.5. The van der Waals surface area contributed by atoms with Gasteiger partial charge in [-0.25, -0.2) is 0 Å². The molecule has 0 radical (unpaired) electrons. The zero-order valence-electron chi connectivity index (χ0n) is 11.3. The van der Waals surface area contributed by atoms with E-state index in [1.807, 2.05) is 13.8 Å². The number of carbonyl (C=O) groups is 1. The number of hydrogen-bond acceptors (Lipinski definition) is 4. The molecule has 2 rings (SSSR count). The lowest BCUT2D eigenvalue weighted by molar-refractivity contribution is -0.0858. The summed E-state index contributed by atoms with van der Waals surface area (Å²) < 4.78 is 5.54. The molecule has 1 aromatic carbocycles. The van der Waals surface area contributed by atoms with Crippen LogP contribution in [0.25, 0.3) is 0 Å². The van der Waals surface area contributed by atoms with Crippen LogP contribution in [-0.2, 0) is 4.74 Å². The number of ether oxygens (including phenoxy) is 1. The van der Waals surface area contributed by atoms with Gasteiger partial charge in [-0.2, -0.15) is 0 Å². The number of benzene rings is 1. The summed E-state index contributed by atoms with van der Waals surface area (Å²) in [6.07, 6.45) is -0.370. The van der Waals surface area contributed by atoms with E-state index in [2.05, 4.69) is 0 Å². The van der Waals surface area contributed by atoms with Crippen molar-refractivity contribution in [3.63, 3.8) is 0 Å². The summed E-state index contributed by atoms with van der Waals surface area (Å²) in [6, 6.07) is 5.27. The van der Waals surface area contributed by atoms with Crippen LogP contribution in [0.15, 0.2) is 18.2 Å². The summed E-state index contributed by atoms with van der Waals surface area (Å²) in [6.45, 7) is 4.66. The maximum atomic E-state index is 12.5. The molecule has 0 aromatic heterocycles. The maximum Gasteiger partial charge on any atom is 0.254 e. The number of morpholine rings is 1. The largest absolute Gasteiger partial charge is 0.399 e. The predicted molar refractivity (Wildman–Crippen MR) is 72.9 cm³/mol. The third kappa shape index (κ3) is 3.05. The topological polar surface area (TPSA) is 75.8 Å². The number of aliphatic hydroxyl groups is 1. The zero-order chi connectivity index (χ0) is 14.0. The predicted octanol–water partition coefficient (Wildman–Crippen LogP) is 0.799. The molecular formula is C14H20N2O3. The number of hydrogen-bond donors (Lipinski definition) is 2. The Kier molecular flexibility index (Phi) is 4.07. The van der Waals surface area contributed by atoms with Crippen LogP contribution >= 0.6 is 0 Å². The van der Waals surface area contributed by atoms with E-state index < -0.39 is 0 Å². The second-order valence-corrected chi connectivity index (χ2v) is 5.04. The fraction of sp³-hybridized carbons (Fsp3) is 0.500. The van der Waals surface area contributed by atoms with E-state index in [4.69, 9.17) is 10.5 Å². The third-order valence-corrected chi connectivity index (χ3v) is 3.30. The molecule has 0 aliphatic carbocycles. The van der Waals surface area contributed by atoms with Crippen molar-refractivity contribution < 1.29 is 14.6 Å². The minimum Gasteiger partial charge on any atom is -0.399 e. The number of nitrogen functional groups attached to an aromatic ring is 1. The van der Waals surface area contributed by atoms with Crippen LogP contribution in [0.2, 0.25) is 0 Å². The number of anilines is 1. The van der Waals surface area contributed by atoms with Crippen LogP contribution in [0.4, 0.5) is 5.69 Å². The summed E-state index contributed by atoms with van der Waals surface area (Å²) in [5.41, 5.74) is 7.86. The first-order valence-corrected chi connectivity index (χ1v) is 6.43. The third-order valence-electron chi connectivity index (χ3n) is 3.30. The molecule has 1 fully saturated rings. The molecule has 0 spiro atoms. The molecule has 3 N–H and O–H groups in total. The first-order valence-electron chi connectivity index (χ1n) is 6.43. The highest BCUT2D eigenvalue weighted by molar-refractivity contribution is 5.96. The highest BCUT2D eigenvalue weighted by Gasteiger charge is 2.29. The highest BCUT2D eigenvalue weighted by Crippen LogP contribution is 2.18. The first-order chi connectivity index (χ1) is 9.01. The van der Waals surface area contributed by atoms with Gasteiger partial charge in [0, 0.05) is 24.3 Å². The molecule has 2 unspecified atom stereocenters. The van der Waals surface area contributed by atoms with Gasteiger partial charge >= 0.3 is 0 Å².